The van der Waals surface area contributed by atoms with Crippen molar-refractivity contribution in [3.05, 3.63) is 68.8 Å². The number of benzene rings is 2. The van der Waals surface area contributed by atoms with Gasteiger partial charge in [0, 0.05) is 17.2 Å². The molecule has 0 bridgehead atoms. The first kappa shape index (κ1) is 21.5. The molecule has 9 heteroatoms. The number of ether oxygens (including phenoxy) is 2. The molecule has 0 atom stereocenters. The normalized spacial score (nSPS) is 10.2. The molecular weight excluding hydrogens is 380 g/mol. The number of ketones is 1. The Morgan fingerprint density at radius 2 is 1.83 bits per heavy atom. The molecule has 1 N–H and O–H groups in total. The maximum atomic E-state index is 12.2. The molecule has 0 spiro atoms. The molecule has 1 amide bonds. The van der Waals surface area contributed by atoms with Crippen LogP contribution < -0.4 is 10.1 Å². The van der Waals surface area contributed by atoms with Gasteiger partial charge in [0.2, 0.25) is 5.78 Å². The van der Waals surface area contributed by atoms with Gasteiger partial charge >= 0.3 is 11.7 Å². The molecule has 0 heterocycles. The topological polar surface area (TPSA) is 125 Å². The lowest BCUT2D eigenvalue weighted by Gasteiger charge is -2.09. The van der Waals surface area contributed by atoms with Crippen LogP contribution in [0.3, 0.4) is 0 Å². The zero-order chi connectivity index (χ0) is 21.6. The van der Waals surface area contributed by atoms with E-state index in [9.17, 15) is 24.5 Å². The molecule has 0 unspecified atom stereocenters. The Morgan fingerprint density at radius 3 is 2.48 bits per heavy atom. The number of nitrogens with zero attached hydrogens (tertiary/aromatic N) is 1. The van der Waals surface area contributed by atoms with Crippen LogP contribution in [0.1, 0.15) is 31.8 Å². The van der Waals surface area contributed by atoms with Gasteiger partial charge in [-0.25, -0.2) is 0 Å². The number of carbonyl (C=O) groups excluding carboxylic acids is 3. The number of amides is 1. The Morgan fingerprint density at radius 1 is 1.10 bits per heavy atom. The van der Waals surface area contributed by atoms with Crippen LogP contribution in [0.25, 0.3) is 0 Å². The van der Waals surface area contributed by atoms with Gasteiger partial charge in [0.1, 0.15) is 6.54 Å². The zero-order valence-electron chi connectivity index (χ0n) is 16.2. The van der Waals surface area contributed by atoms with E-state index in [1.54, 1.807) is 19.1 Å². The quantitative estimate of drug-likeness (QED) is 0.312. The fourth-order valence-corrected chi connectivity index (χ4v) is 2.54. The van der Waals surface area contributed by atoms with E-state index in [0.29, 0.717) is 5.56 Å². The maximum absolute atomic E-state index is 12.2. The van der Waals surface area contributed by atoms with E-state index in [2.05, 4.69) is 5.32 Å². The van der Waals surface area contributed by atoms with E-state index >= 15 is 0 Å². The Labute approximate surface area is 166 Å². The fraction of sp³-hybridized carbons (Fsp3) is 0.250. The minimum atomic E-state index is -0.806. The van der Waals surface area contributed by atoms with Crippen molar-refractivity contribution < 1.29 is 28.8 Å². The number of nitro groups is 1. The number of methoxy groups -OCH3 is 1. The van der Waals surface area contributed by atoms with E-state index in [1.807, 2.05) is 13.0 Å². The van der Waals surface area contributed by atoms with Gasteiger partial charge in [-0.3, -0.25) is 24.5 Å². The van der Waals surface area contributed by atoms with Crippen molar-refractivity contribution in [1.29, 1.82) is 0 Å². The number of nitro benzene ring substituents is 1. The molecule has 2 aromatic rings. The molecule has 29 heavy (non-hydrogen) atoms. The van der Waals surface area contributed by atoms with Crippen molar-refractivity contribution >= 4 is 23.3 Å². The highest BCUT2D eigenvalue weighted by Crippen LogP contribution is 2.27. The average Bonchev–Trinajstić information content (AvgIpc) is 2.71. The molecule has 0 saturated heterocycles. The van der Waals surface area contributed by atoms with Crippen LogP contribution >= 0.6 is 0 Å². The first-order valence-electron chi connectivity index (χ1n) is 8.59. The van der Waals surface area contributed by atoms with Crippen LogP contribution in [0.2, 0.25) is 0 Å². The molecule has 9 nitrogen and oxygen atoms in total. The Balaban J connectivity index is 1.91. The van der Waals surface area contributed by atoms with Crippen LogP contribution in [0.15, 0.2) is 36.4 Å². The van der Waals surface area contributed by atoms with E-state index in [-0.39, 0.29) is 22.8 Å². The first-order chi connectivity index (χ1) is 13.7. The summed E-state index contributed by atoms with van der Waals surface area (Å²) in [6, 6.07) is 9.05. The highest BCUT2D eigenvalue weighted by Gasteiger charge is 2.19. The maximum Gasteiger partial charge on any atom is 0.325 e. The number of hydrogen-bond donors (Lipinski definition) is 1. The van der Waals surface area contributed by atoms with Gasteiger partial charge in [-0.2, -0.15) is 0 Å². The molecule has 0 aliphatic heterocycles. The summed E-state index contributed by atoms with van der Waals surface area (Å²) in [6.45, 7) is 2.69. The SMILES string of the molecule is COc1ccc(C(=O)NCC(=O)OCC(=O)c2cc(C)ccc2C)cc1[N+](=O)[O-]. The average molecular weight is 400 g/mol. The van der Waals surface area contributed by atoms with Crippen molar-refractivity contribution in [3.8, 4) is 5.75 Å². The predicted octanol–water partition coefficient (Wildman–Crippen LogP) is 2.38. The lowest BCUT2D eigenvalue weighted by Crippen LogP contribution is -2.31. The predicted molar refractivity (Wildman–Crippen MR) is 103 cm³/mol. The molecule has 152 valence electrons. The summed E-state index contributed by atoms with van der Waals surface area (Å²) < 4.78 is 9.77. The van der Waals surface area contributed by atoms with Crippen molar-refractivity contribution in [2.75, 3.05) is 20.3 Å². The lowest BCUT2D eigenvalue weighted by atomic mass is 10.0. The Hall–Kier alpha value is -3.75. The van der Waals surface area contributed by atoms with Crippen LogP contribution in [0.4, 0.5) is 5.69 Å². The summed E-state index contributed by atoms with van der Waals surface area (Å²) >= 11 is 0. The monoisotopic (exact) mass is 400 g/mol. The van der Waals surface area contributed by atoms with Gasteiger partial charge in [-0.05, 0) is 37.6 Å². The fourth-order valence-electron chi connectivity index (χ4n) is 2.54. The molecule has 0 aliphatic carbocycles. The third-order valence-corrected chi connectivity index (χ3v) is 4.09. The van der Waals surface area contributed by atoms with Crippen molar-refractivity contribution in [1.82, 2.24) is 5.32 Å². The summed E-state index contributed by atoms with van der Waals surface area (Å²) in [4.78, 5) is 46.5. The van der Waals surface area contributed by atoms with Crippen LogP contribution in [-0.2, 0) is 9.53 Å². The first-order valence-corrected chi connectivity index (χ1v) is 8.59. The molecule has 2 rings (SSSR count). The van der Waals surface area contributed by atoms with Crippen LogP contribution in [-0.4, -0.2) is 42.8 Å². The van der Waals surface area contributed by atoms with Crippen molar-refractivity contribution in [2.45, 2.75) is 13.8 Å². The number of nitrogens with one attached hydrogen (secondary N) is 1. The minimum absolute atomic E-state index is 0.0101. The standard InChI is InChI=1S/C20H20N2O7/c1-12-4-5-13(2)15(8-12)17(23)11-29-19(24)10-21-20(25)14-6-7-18(28-3)16(9-14)22(26)27/h4-9H,10-11H2,1-3H3,(H,21,25). The number of esters is 1. The summed E-state index contributed by atoms with van der Waals surface area (Å²) in [6.07, 6.45) is 0. The van der Waals surface area contributed by atoms with Gasteiger partial charge in [0.25, 0.3) is 5.91 Å². The summed E-state index contributed by atoms with van der Waals surface area (Å²) in [5.74, 6) is -1.85. The lowest BCUT2D eigenvalue weighted by molar-refractivity contribution is -0.385. The van der Waals surface area contributed by atoms with E-state index < -0.39 is 30.0 Å². The number of hydrogen-bond acceptors (Lipinski definition) is 7. The Bertz CT molecular complexity index is 969. The summed E-state index contributed by atoms with van der Waals surface area (Å²) in [5.41, 5.74) is 1.75. The summed E-state index contributed by atoms with van der Waals surface area (Å²) in [5, 5.41) is 13.3. The van der Waals surface area contributed by atoms with Gasteiger partial charge in [-0.1, -0.05) is 17.7 Å². The molecule has 2 aromatic carbocycles. The number of Topliss-reactive ketones (excluding diaryl/α,β-unsaturated/α-hetero) is 1. The molecule has 0 aliphatic rings. The van der Waals surface area contributed by atoms with Gasteiger partial charge < -0.3 is 14.8 Å². The highest BCUT2D eigenvalue weighted by atomic mass is 16.6. The highest BCUT2D eigenvalue weighted by molar-refractivity contribution is 6.00. The van der Waals surface area contributed by atoms with Crippen molar-refractivity contribution in [2.24, 2.45) is 0 Å². The van der Waals surface area contributed by atoms with E-state index in [0.717, 1.165) is 17.2 Å². The second kappa shape index (κ2) is 9.45. The molecular formula is C20H20N2O7. The largest absolute Gasteiger partial charge is 0.490 e. The smallest absolute Gasteiger partial charge is 0.325 e. The van der Waals surface area contributed by atoms with Crippen molar-refractivity contribution in [3.63, 3.8) is 0 Å². The third kappa shape index (κ3) is 5.61. The number of carbonyl (C=O) groups is 3. The molecule has 0 saturated carbocycles. The van der Waals surface area contributed by atoms with Gasteiger partial charge in [0.15, 0.2) is 12.4 Å². The number of rotatable bonds is 8. The third-order valence-electron chi connectivity index (χ3n) is 4.09. The second-order valence-corrected chi connectivity index (χ2v) is 6.23. The van der Waals surface area contributed by atoms with E-state index in [1.165, 1.54) is 19.2 Å². The van der Waals surface area contributed by atoms with Gasteiger partial charge in [-0.15, -0.1) is 0 Å². The van der Waals surface area contributed by atoms with E-state index in [4.69, 9.17) is 9.47 Å². The summed E-state index contributed by atoms with van der Waals surface area (Å²) in [7, 11) is 1.28. The molecule has 0 fully saturated rings. The van der Waals surface area contributed by atoms with Crippen LogP contribution in [0, 0.1) is 24.0 Å². The van der Waals surface area contributed by atoms with Gasteiger partial charge in [0.05, 0.1) is 12.0 Å². The molecule has 0 radical (unpaired) electrons. The molecule has 0 aromatic heterocycles. The minimum Gasteiger partial charge on any atom is -0.490 e. The number of aryl methyl sites for hydroxylation is 2. The Kier molecular flexibility index (Phi) is 7.02. The van der Waals surface area contributed by atoms with Crippen LogP contribution in [0.5, 0.6) is 5.75 Å². The zero-order valence-corrected chi connectivity index (χ0v) is 16.2. The second-order valence-electron chi connectivity index (χ2n) is 6.23.